The van der Waals surface area contributed by atoms with Crippen LogP contribution in [0.1, 0.15) is 30.8 Å². The number of aromatic nitrogens is 2. The van der Waals surface area contributed by atoms with Gasteiger partial charge in [0.05, 0.1) is 12.5 Å². The van der Waals surface area contributed by atoms with Crippen LogP contribution in [-0.4, -0.2) is 28.7 Å². The minimum Gasteiger partial charge on any atom is -0.482 e. The average Bonchev–Trinajstić information content (AvgIpc) is 2.88. The quantitative estimate of drug-likeness (QED) is 0.537. The number of methoxy groups -OCH3 is 1. The molecule has 3 rings (SSSR count). The molecule has 27 heavy (non-hydrogen) atoms. The molecular weight excluding hydrogens is 349 g/mol. The molecule has 0 atom stereocenters. The normalized spacial score (nSPS) is 15.1. The molecule has 1 aromatic carbocycles. The third-order valence-electron chi connectivity index (χ3n) is 4.38. The van der Waals surface area contributed by atoms with Crippen molar-refractivity contribution in [2.24, 2.45) is 0 Å². The smallest absolute Gasteiger partial charge is 0.235 e. The lowest BCUT2D eigenvalue weighted by Crippen LogP contribution is -2.26. The van der Waals surface area contributed by atoms with Gasteiger partial charge in [-0.05, 0) is 31.5 Å². The van der Waals surface area contributed by atoms with Crippen molar-refractivity contribution < 1.29 is 13.9 Å². The van der Waals surface area contributed by atoms with E-state index in [0.29, 0.717) is 23.8 Å². The Balaban J connectivity index is 1.73. The third kappa shape index (κ3) is 3.79. The van der Waals surface area contributed by atoms with Crippen molar-refractivity contribution in [2.45, 2.75) is 25.8 Å². The largest absolute Gasteiger partial charge is 0.482 e. The van der Waals surface area contributed by atoms with E-state index >= 15 is 0 Å². The minimum atomic E-state index is -0.694. The van der Waals surface area contributed by atoms with Gasteiger partial charge in [-0.3, -0.25) is 10.2 Å². The van der Waals surface area contributed by atoms with Crippen LogP contribution in [0, 0.1) is 11.2 Å². The zero-order chi connectivity index (χ0) is 19.6. The first-order valence-electron chi connectivity index (χ1n) is 8.33. The Kier molecular flexibility index (Phi) is 4.89. The first kappa shape index (κ1) is 18.5. The van der Waals surface area contributed by atoms with Gasteiger partial charge in [0.2, 0.25) is 5.91 Å². The van der Waals surface area contributed by atoms with E-state index in [0.717, 1.165) is 5.56 Å². The van der Waals surface area contributed by atoms with Crippen molar-refractivity contribution in [3.8, 4) is 0 Å². The van der Waals surface area contributed by atoms with Gasteiger partial charge in [-0.1, -0.05) is 12.1 Å². The standard InChI is InChI=1S/C19H20FN5O2/c1-19(2)13-10-23-17(24-16(13)25-18(19)26)14(21)8-15(27-3)22-9-11-4-6-12(20)7-5-11/h4-8,10,21-22H,9H2,1-3H3,(H,23,24,25,26)/b15-8+,21-14?. The summed E-state index contributed by atoms with van der Waals surface area (Å²) in [5.74, 6) is 0.491. The summed E-state index contributed by atoms with van der Waals surface area (Å²) >= 11 is 0. The third-order valence-corrected chi connectivity index (χ3v) is 4.38. The molecule has 7 nitrogen and oxygen atoms in total. The molecule has 8 heteroatoms. The second-order valence-corrected chi connectivity index (χ2v) is 6.64. The second-order valence-electron chi connectivity index (χ2n) is 6.64. The van der Waals surface area contributed by atoms with Crippen molar-refractivity contribution in [2.75, 3.05) is 12.4 Å². The summed E-state index contributed by atoms with van der Waals surface area (Å²) in [5, 5.41) is 13.9. The molecule has 0 fully saturated rings. The van der Waals surface area contributed by atoms with Gasteiger partial charge in [0.1, 0.15) is 17.3 Å². The summed E-state index contributed by atoms with van der Waals surface area (Å²) in [6.07, 6.45) is 3.02. The van der Waals surface area contributed by atoms with Crippen molar-refractivity contribution in [1.82, 2.24) is 15.3 Å². The van der Waals surface area contributed by atoms with Gasteiger partial charge < -0.3 is 15.4 Å². The Bertz CT molecular complexity index is 922. The fourth-order valence-electron chi connectivity index (χ4n) is 2.62. The molecular formula is C19H20FN5O2. The molecule has 0 radical (unpaired) electrons. The minimum absolute atomic E-state index is 0.0280. The number of allylic oxidation sites excluding steroid dienone is 1. The molecule has 2 aromatic rings. The van der Waals surface area contributed by atoms with E-state index in [4.69, 9.17) is 10.1 Å². The molecule has 3 N–H and O–H groups in total. The number of nitrogens with one attached hydrogen (secondary N) is 3. The van der Waals surface area contributed by atoms with E-state index in [9.17, 15) is 9.18 Å². The van der Waals surface area contributed by atoms with Crippen LogP contribution in [0.2, 0.25) is 0 Å². The highest BCUT2D eigenvalue weighted by atomic mass is 19.1. The van der Waals surface area contributed by atoms with Crippen LogP contribution in [0.4, 0.5) is 10.2 Å². The lowest BCUT2D eigenvalue weighted by molar-refractivity contribution is -0.119. The Morgan fingerprint density at radius 2 is 2.07 bits per heavy atom. The number of nitrogens with zero attached hydrogens (tertiary/aromatic N) is 2. The van der Waals surface area contributed by atoms with Crippen molar-refractivity contribution in [1.29, 1.82) is 5.41 Å². The highest BCUT2D eigenvalue weighted by Gasteiger charge is 2.39. The second kappa shape index (κ2) is 7.14. The molecule has 140 valence electrons. The van der Waals surface area contributed by atoms with Gasteiger partial charge in [-0.2, -0.15) is 0 Å². The summed E-state index contributed by atoms with van der Waals surface area (Å²) in [6.45, 7) is 4.00. The van der Waals surface area contributed by atoms with Crippen molar-refractivity contribution in [3.05, 3.63) is 65.2 Å². The summed E-state index contributed by atoms with van der Waals surface area (Å²) in [7, 11) is 1.48. The maximum Gasteiger partial charge on any atom is 0.235 e. The number of carbonyl (C=O) groups is 1. The number of benzene rings is 1. The number of ether oxygens (including phenoxy) is 1. The number of rotatable bonds is 6. The van der Waals surface area contributed by atoms with Gasteiger partial charge in [0, 0.05) is 24.4 Å². The zero-order valence-corrected chi connectivity index (χ0v) is 15.3. The number of hydrogen-bond acceptors (Lipinski definition) is 6. The lowest BCUT2D eigenvalue weighted by Gasteiger charge is -2.13. The predicted octanol–water partition coefficient (Wildman–Crippen LogP) is 2.49. The number of anilines is 1. The van der Waals surface area contributed by atoms with E-state index in [-0.39, 0.29) is 23.3 Å². The van der Waals surface area contributed by atoms with E-state index in [1.54, 1.807) is 32.2 Å². The molecule has 1 aliphatic heterocycles. The zero-order valence-electron chi connectivity index (χ0n) is 15.3. The van der Waals surface area contributed by atoms with Gasteiger partial charge >= 0.3 is 0 Å². The summed E-state index contributed by atoms with van der Waals surface area (Å²) < 4.78 is 18.2. The number of carbonyl (C=O) groups excluding carboxylic acids is 1. The van der Waals surface area contributed by atoms with Crippen molar-refractivity contribution in [3.63, 3.8) is 0 Å². The Labute approximate surface area is 156 Å². The van der Waals surface area contributed by atoms with E-state index in [1.807, 2.05) is 0 Å². The van der Waals surface area contributed by atoms with Gasteiger partial charge in [-0.25, -0.2) is 14.4 Å². The van der Waals surface area contributed by atoms with Gasteiger partial charge in [-0.15, -0.1) is 0 Å². The molecule has 0 unspecified atom stereocenters. The van der Waals surface area contributed by atoms with E-state index < -0.39 is 5.41 Å². The lowest BCUT2D eigenvalue weighted by atomic mass is 9.88. The van der Waals surface area contributed by atoms with Gasteiger partial charge in [0.15, 0.2) is 11.7 Å². The molecule has 0 spiro atoms. The summed E-state index contributed by atoms with van der Waals surface area (Å²) in [5.41, 5.74) is 0.902. The maximum atomic E-state index is 13.0. The fourth-order valence-corrected chi connectivity index (χ4v) is 2.62. The Morgan fingerprint density at radius 3 is 2.74 bits per heavy atom. The fraction of sp³-hybridized carbons (Fsp3) is 0.263. The molecule has 0 bridgehead atoms. The van der Waals surface area contributed by atoms with Crippen LogP contribution >= 0.6 is 0 Å². The van der Waals surface area contributed by atoms with Crippen LogP contribution in [0.5, 0.6) is 0 Å². The SMILES string of the molecule is CO/C(=C/C(=N)c1ncc2c(n1)NC(=O)C2(C)C)NCc1ccc(F)cc1. The number of halogens is 1. The number of fused-ring (bicyclic) bond motifs is 1. The average molecular weight is 369 g/mol. The maximum absolute atomic E-state index is 13.0. The van der Waals surface area contributed by atoms with Crippen molar-refractivity contribution >= 4 is 17.4 Å². The van der Waals surface area contributed by atoms with Gasteiger partial charge in [0.25, 0.3) is 0 Å². The first-order valence-corrected chi connectivity index (χ1v) is 8.33. The van der Waals surface area contributed by atoms with Crippen LogP contribution in [0.15, 0.2) is 42.4 Å². The van der Waals surface area contributed by atoms with E-state index in [1.165, 1.54) is 25.3 Å². The Morgan fingerprint density at radius 1 is 1.37 bits per heavy atom. The molecule has 1 amide bonds. The topological polar surface area (TPSA) is 100.0 Å². The first-order chi connectivity index (χ1) is 12.8. The summed E-state index contributed by atoms with van der Waals surface area (Å²) in [4.78, 5) is 20.5. The van der Waals surface area contributed by atoms with Crippen LogP contribution in [-0.2, 0) is 21.5 Å². The highest BCUT2D eigenvalue weighted by molar-refractivity contribution is 6.07. The highest BCUT2D eigenvalue weighted by Crippen LogP contribution is 2.35. The molecule has 0 aliphatic carbocycles. The van der Waals surface area contributed by atoms with Crippen LogP contribution in [0.25, 0.3) is 0 Å². The number of hydrogen-bond donors (Lipinski definition) is 3. The van der Waals surface area contributed by atoms with Crippen LogP contribution in [0.3, 0.4) is 0 Å². The molecule has 1 aromatic heterocycles. The summed E-state index contributed by atoms with van der Waals surface area (Å²) in [6, 6.07) is 6.08. The molecule has 0 saturated carbocycles. The molecule has 0 saturated heterocycles. The Hall–Kier alpha value is -3.29. The molecule has 2 heterocycles. The van der Waals surface area contributed by atoms with E-state index in [2.05, 4.69) is 20.6 Å². The predicted molar refractivity (Wildman–Crippen MR) is 98.8 cm³/mol. The number of amides is 1. The monoisotopic (exact) mass is 369 g/mol. The molecule has 1 aliphatic rings. The van der Waals surface area contributed by atoms with Crippen LogP contribution < -0.4 is 10.6 Å².